The maximum Gasteiger partial charge on any atom is 0.492 e. The molecule has 0 spiro atoms. The molecule has 1 heterocycles. The molecule has 0 radical (unpaired) electrons. The van der Waals surface area contributed by atoms with E-state index in [-0.39, 0.29) is 17.8 Å². The Morgan fingerprint density at radius 2 is 2.00 bits per heavy atom. The predicted molar refractivity (Wildman–Crippen MR) is 79.6 cm³/mol. The monoisotopic (exact) mass is 373 g/mol. The molecule has 0 amide bonds. The molecule has 0 saturated heterocycles. The van der Waals surface area contributed by atoms with E-state index in [4.69, 9.17) is 0 Å². The van der Waals surface area contributed by atoms with Crippen LogP contribution in [0.2, 0.25) is 0 Å². The van der Waals surface area contributed by atoms with Gasteiger partial charge in [-0.3, -0.25) is 0 Å². The van der Waals surface area contributed by atoms with Gasteiger partial charge in [-0.05, 0) is 54.7 Å². The van der Waals surface area contributed by atoms with Crippen molar-refractivity contribution in [2.45, 2.75) is 38.0 Å². The molecule has 1 saturated carbocycles. The topological polar surface area (TPSA) is 81.9 Å². The minimum Gasteiger partial charge on any atom is -0.363 e. The standard InChI is InChI=1S/C15H15F4N5O2/c16-11-4-2-10(3-5-11)13-20-23-24(21-13)8-9-1-6-12(7-9)22-26-14(25)15(17,18)19/h2-5,9,12,22H,1,6-8H2/t9-,12+/m0/s1. The lowest BCUT2D eigenvalue weighted by Gasteiger charge is -2.13. The minimum atomic E-state index is -5.02. The zero-order valence-electron chi connectivity index (χ0n) is 13.4. The van der Waals surface area contributed by atoms with Crippen LogP contribution in [0.4, 0.5) is 17.6 Å². The number of hydrogen-bond acceptors (Lipinski definition) is 6. The number of hydroxylamine groups is 1. The fourth-order valence-electron chi connectivity index (χ4n) is 2.81. The van der Waals surface area contributed by atoms with Crippen LogP contribution in [0.1, 0.15) is 19.3 Å². The first-order chi connectivity index (χ1) is 12.3. The van der Waals surface area contributed by atoms with Crippen molar-refractivity contribution in [3.8, 4) is 11.4 Å². The molecule has 2 aromatic rings. The molecule has 1 N–H and O–H groups in total. The number of nitrogens with zero attached hydrogens (tertiary/aromatic N) is 4. The minimum absolute atomic E-state index is 0.104. The van der Waals surface area contributed by atoms with Crippen molar-refractivity contribution in [1.82, 2.24) is 25.7 Å². The SMILES string of the molecule is O=C(ON[C@@H]1CC[C@H](Cn2nnc(-c3ccc(F)cc3)n2)C1)C(F)(F)F. The number of carbonyl (C=O) groups is 1. The van der Waals surface area contributed by atoms with Crippen molar-refractivity contribution in [2.24, 2.45) is 5.92 Å². The number of rotatable bonds is 5. The summed E-state index contributed by atoms with van der Waals surface area (Å²) < 4.78 is 49.2. The van der Waals surface area contributed by atoms with Crippen molar-refractivity contribution in [3.63, 3.8) is 0 Å². The maximum atomic E-state index is 12.9. The zero-order valence-corrected chi connectivity index (χ0v) is 13.4. The van der Waals surface area contributed by atoms with E-state index in [0.29, 0.717) is 37.2 Å². The maximum absolute atomic E-state index is 12.9. The van der Waals surface area contributed by atoms with Crippen LogP contribution < -0.4 is 5.48 Å². The van der Waals surface area contributed by atoms with Gasteiger partial charge >= 0.3 is 12.1 Å². The average Bonchev–Trinajstić information content (AvgIpc) is 3.22. The largest absolute Gasteiger partial charge is 0.492 e. The molecule has 140 valence electrons. The van der Waals surface area contributed by atoms with Gasteiger partial charge in [0.25, 0.3) is 0 Å². The van der Waals surface area contributed by atoms with Gasteiger partial charge in [0, 0.05) is 11.6 Å². The van der Waals surface area contributed by atoms with Gasteiger partial charge in [-0.1, -0.05) is 0 Å². The number of carbonyl (C=O) groups excluding carboxylic acids is 1. The van der Waals surface area contributed by atoms with Gasteiger partial charge in [0.1, 0.15) is 5.82 Å². The van der Waals surface area contributed by atoms with E-state index < -0.39 is 12.1 Å². The van der Waals surface area contributed by atoms with Crippen molar-refractivity contribution in [2.75, 3.05) is 0 Å². The third kappa shape index (κ3) is 4.54. The van der Waals surface area contributed by atoms with Crippen molar-refractivity contribution >= 4 is 5.97 Å². The van der Waals surface area contributed by atoms with E-state index in [1.807, 2.05) is 0 Å². The molecule has 1 aromatic carbocycles. The summed E-state index contributed by atoms with van der Waals surface area (Å²) in [5.41, 5.74) is 2.80. The molecule has 11 heteroatoms. The van der Waals surface area contributed by atoms with Crippen LogP contribution in [0.25, 0.3) is 11.4 Å². The van der Waals surface area contributed by atoms with Crippen LogP contribution >= 0.6 is 0 Å². The number of alkyl halides is 3. The Balaban J connectivity index is 1.50. The number of tetrazole rings is 1. The van der Waals surface area contributed by atoms with E-state index in [1.54, 1.807) is 12.1 Å². The molecule has 1 fully saturated rings. The summed E-state index contributed by atoms with van der Waals surface area (Å²) in [6, 6.07) is 5.32. The molecular weight excluding hydrogens is 358 g/mol. The quantitative estimate of drug-likeness (QED) is 0.640. The van der Waals surface area contributed by atoms with Crippen LogP contribution in [0.3, 0.4) is 0 Å². The molecule has 7 nitrogen and oxygen atoms in total. The third-order valence-electron chi connectivity index (χ3n) is 4.07. The second kappa shape index (κ2) is 7.36. The van der Waals surface area contributed by atoms with E-state index >= 15 is 0 Å². The summed E-state index contributed by atoms with van der Waals surface area (Å²) in [5, 5.41) is 12.1. The van der Waals surface area contributed by atoms with Crippen LogP contribution in [-0.2, 0) is 16.2 Å². The Bertz CT molecular complexity index is 762. The van der Waals surface area contributed by atoms with Crippen LogP contribution in [0, 0.1) is 11.7 Å². The second-order valence-electron chi connectivity index (χ2n) is 6.06. The summed E-state index contributed by atoms with van der Waals surface area (Å²) in [6.45, 7) is 0.430. The van der Waals surface area contributed by atoms with Crippen molar-refractivity contribution < 1.29 is 27.2 Å². The van der Waals surface area contributed by atoms with E-state index in [9.17, 15) is 22.4 Å². The lowest BCUT2D eigenvalue weighted by molar-refractivity contribution is -0.208. The Morgan fingerprint density at radius 3 is 2.69 bits per heavy atom. The number of halogens is 4. The molecular formula is C15H15F4N5O2. The fraction of sp³-hybridized carbons (Fsp3) is 0.467. The number of nitrogens with one attached hydrogen (secondary N) is 1. The zero-order chi connectivity index (χ0) is 18.7. The lowest BCUT2D eigenvalue weighted by Crippen LogP contribution is -2.36. The molecule has 0 aliphatic heterocycles. The molecule has 0 bridgehead atoms. The highest BCUT2D eigenvalue weighted by Crippen LogP contribution is 2.27. The highest BCUT2D eigenvalue weighted by atomic mass is 19.4. The number of benzene rings is 1. The van der Waals surface area contributed by atoms with Crippen LogP contribution in [0.15, 0.2) is 24.3 Å². The summed E-state index contributed by atoms with van der Waals surface area (Å²) in [6.07, 6.45) is -3.23. The molecule has 0 unspecified atom stereocenters. The smallest absolute Gasteiger partial charge is 0.363 e. The summed E-state index contributed by atoms with van der Waals surface area (Å²) in [4.78, 5) is 16.1. The molecule has 1 aromatic heterocycles. The number of hydrogen-bond donors (Lipinski definition) is 1. The van der Waals surface area contributed by atoms with Gasteiger partial charge in [0.05, 0.1) is 6.54 Å². The van der Waals surface area contributed by atoms with E-state index in [0.717, 1.165) is 0 Å². The highest BCUT2D eigenvalue weighted by molar-refractivity contribution is 5.75. The van der Waals surface area contributed by atoms with Gasteiger partial charge in [-0.15, -0.1) is 15.7 Å². The first-order valence-electron chi connectivity index (χ1n) is 7.88. The highest BCUT2D eigenvalue weighted by Gasteiger charge is 2.42. The first-order valence-corrected chi connectivity index (χ1v) is 7.88. The van der Waals surface area contributed by atoms with E-state index in [1.165, 1.54) is 16.9 Å². The van der Waals surface area contributed by atoms with Gasteiger partial charge in [0.2, 0.25) is 5.82 Å². The van der Waals surface area contributed by atoms with E-state index in [2.05, 4.69) is 25.7 Å². The van der Waals surface area contributed by atoms with Crippen molar-refractivity contribution in [1.29, 1.82) is 0 Å². The Kier molecular flexibility index (Phi) is 5.16. The summed E-state index contributed by atoms with van der Waals surface area (Å²) in [5.74, 6) is -2.16. The first kappa shape index (κ1) is 18.2. The third-order valence-corrected chi connectivity index (χ3v) is 4.07. The van der Waals surface area contributed by atoms with Gasteiger partial charge in [0.15, 0.2) is 0 Å². The summed E-state index contributed by atoms with van der Waals surface area (Å²) in [7, 11) is 0. The molecule has 2 atom stereocenters. The predicted octanol–water partition coefficient (Wildman–Crippen LogP) is 2.26. The Labute approximate surface area is 145 Å². The second-order valence-corrected chi connectivity index (χ2v) is 6.06. The Hall–Kier alpha value is -2.56. The van der Waals surface area contributed by atoms with Gasteiger partial charge < -0.3 is 4.84 Å². The Morgan fingerprint density at radius 1 is 1.27 bits per heavy atom. The molecule has 26 heavy (non-hydrogen) atoms. The molecule has 3 rings (SSSR count). The number of aromatic nitrogens is 4. The normalized spacial score (nSPS) is 20.3. The van der Waals surface area contributed by atoms with Crippen LogP contribution in [-0.4, -0.2) is 38.4 Å². The van der Waals surface area contributed by atoms with Gasteiger partial charge in [-0.25, -0.2) is 9.18 Å². The molecule has 1 aliphatic carbocycles. The average molecular weight is 373 g/mol. The van der Waals surface area contributed by atoms with Crippen LogP contribution in [0.5, 0.6) is 0 Å². The lowest BCUT2D eigenvalue weighted by atomic mass is 10.1. The fourth-order valence-corrected chi connectivity index (χ4v) is 2.81. The molecule has 1 aliphatic rings. The van der Waals surface area contributed by atoms with Crippen molar-refractivity contribution in [3.05, 3.63) is 30.1 Å². The van der Waals surface area contributed by atoms with Gasteiger partial charge in [-0.2, -0.15) is 18.0 Å². The summed E-state index contributed by atoms with van der Waals surface area (Å²) >= 11 is 0.